The second-order valence-corrected chi connectivity index (χ2v) is 4.90. The van der Waals surface area contributed by atoms with E-state index in [0.29, 0.717) is 13.0 Å². The molecular formula is C14H17BrO3. The molecular weight excluding hydrogens is 296 g/mol. The Balaban J connectivity index is 2.71. The molecule has 1 atom stereocenters. The van der Waals surface area contributed by atoms with Gasteiger partial charge in [0, 0.05) is 10.9 Å². The molecule has 1 aromatic rings. The van der Waals surface area contributed by atoms with Crippen molar-refractivity contribution in [2.24, 2.45) is 5.92 Å². The number of ketones is 1. The Hall–Kier alpha value is -1.16. The van der Waals surface area contributed by atoms with Crippen molar-refractivity contribution in [3.63, 3.8) is 0 Å². The number of hydrogen-bond acceptors (Lipinski definition) is 3. The van der Waals surface area contributed by atoms with E-state index in [1.54, 1.807) is 6.92 Å². The number of carbonyl (C=O) groups excluding carboxylic acids is 2. The highest BCUT2D eigenvalue weighted by atomic mass is 79.9. The fourth-order valence-electron chi connectivity index (χ4n) is 1.74. The van der Waals surface area contributed by atoms with Crippen LogP contribution in [0.15, 0.2) is 28.7 Å². The van der Waals surface area contributed by atoms with Gasteiger partial charge < -0.3 is 4.74 Å². The number of rotatable bonds is 6. The van der Waals surface area contributed by atoms with Gasteiger partial charge in [-0.05, 0) is 31.0 Å². The van der Waals surface area contributed by atoms with Crippen LogP contribution < -0.4 is 0 Å². The Morgan fingerprint density at radius 3 is 2.61 bits per heavy atom. The van der Waals surface area contributed by atoms with Crippen LogP contribution in [0.25, 0.3) is 0 Å². The monoisotopic (exact) mass is 312 g/mol. The highest BCUT2D eigenvalue weighted by Crippen LogP contribution is 2.15. The molecule has 4 heteroatoms. The zero-order valence-corrected chi connectivity index (χ0v) is 12.2. The third-order valence-corrected chi connectivity index (χ3v) is 3.13. The smallest absolute Gasteiger partial charge is 0.316 e. The predicted molar refractivity (Wildman–Crippen MR) is 73.3 cm³/mol. The molecule has 3 nitrogen and oxygen atoms in total. The Morgan fingerprint density at radius 2 is 2.06 bits per heavy atom. The summed E-state index contributed by atoms with van der Waals surface area (Å²) in [6.45, 7) is 3.86. The molecule has 0 radical (unpaired) electrons. The predicted octanol–water partition coefficient (Wildman–Crippen LogP) is 3.15. The first-order valence-corrected chi connectivity index (χ1v) is 6.81. The topological polar surface area (TPSA) is 43.4 Å². The average Bonchev–Trinajstić information content (AvgIpc) is 2.30. The summed E-state index contributed by atoms with van der Waals surface area (Å²) in [4.78, 5) is 23.7. The molecule has 0 aliphatic heterocycles. The van der Waals surface area contributed by atoms with Crippen molar-refractivity contribution in [2.45, 2.75) is 26.7 Å². The van der Waals surface area contributed by atoms with Crippen molar-refractivity contribution in [2.75, 3.05) is 6.61 Å². The molecule has 18 heavy (non-hydrogen) atoms. The van der Waals surface area contributed by atoms with Crippen LogP contribution >= 0.6 is 15.9 Å². The van der Waals surface area contributed by atoms with Crippen LogP contribution in [0, 0.1) is 5.92 Å². The molecule has 1 rings (SSSR count). The summed E-state index contributed by atoms with van der Waals surface area (Å²) in [5.41, 5.74) is 0.900. The van der Waals surface area contributed by atoms with E-state index in [0.717, 1.165) is 10.0 Å². The van der Waals surface area contributed by atoms with E-state index in [1.807, 2.05) is 31.2 Å². The minimum absolute atomic E-state index is 0.0888. The van der Waals surface area contributed by atoms with Gasteiger partial charge in [-0.15, -0.1) is 0 Å². The first kappa shape index (κ1) is 14.9. The minimum Gasteiger partial charge on any atom is -0.465 e. The van der Waals surface area contributed by atoms with Crippen LogP contribution in [0.5, 0.6) is 0 Å². The van der Waals surface area contributed by atoms with Gasteiger partial charge in [0.2, 0.25) is 0 Å². The molecule has 0 heterocycles. The van der Waals surface area contributed by atoms with Gasteiger partial charge in [-0.25, -0.2) is 0 Å². The maximum Gasteiger partial charge on any atom is 0.316 e. The summed E-state index contributed by atoms with van der Waals surface area (Å²) in [6.07, 6.45) is 0.739. The Labute approximate surface area is 116 Å². The van der Waals surface area contributed by atoms with E-state index in [4.69, 9.17) is 4.74 Å². The zero-order chi connectivity index (χ0) is 13.5. The lowest BCUT2D eigenvalue weighted by Crippen LogP contribution is -2.27. The van der Waals surface area contributed by atoms with E-state index in [-0.39, 0.29) is 12.2 Å². The van der Waals surface area contributed by atoms with Gasteiger partial charge in [0.05, 0.1) is 6.61 Å². The lowest BCUT2D eigenvalue weighted by atomic mass is 9.96. The van der Waals surface area contributed by atoms with Crippen LogP contribution in [-0.4, -0.2) is 18.4 Å². The van der Waals surface area contributed by atoms with Crippen LogP contribution in [0.3, 0.4) is 0 Å². The maximum atomic E-state index is 12.1. The van der Waals surface area contributed by atoms with Gasteiger partial charge in [-0.1, -0.05) is 35.0 Å². The van der Waals surface area contributed by atoms with Crippen molar-refractivity contribution in [1.29, 1.82) is 0 Å². The number of halogens is 1. The second kappa shape index (κ2) is 7.31. The Morgan fingerprint density at radius 1 is 1.33 bits per heavy atom. The normalized spacial score (nSPS) is 11.9. The number of benzene rings is 1. The van der Waals surface area contributed by atoms with Crippen LogP contribution in [0.1, 0.15) is 25.8 Å². The molecule has 0 amide bonds. The zero-order valence-electron chi connectivity index (χ0n) is 10.6. The maximum absolute atomic E-state index is 12.1. The molecule has 0 aromatic heterocycles. The van der Waals surface area contributed by atoms with Crippen molar-refractivity contribution in [1.82, 2.24) is 0 Å². The minimum atomic E-state index is -0.649. The molecule has 0 spiro atoms. The second-order valence-electron chi connectivity index (χ2n) is 3.99. The van der Waals surface area contributed by atoms with Gasteiger partial charge in [0.15, 0.2) is 5.78 Å². The van der Waals surface area contributed by atoms with Crippen molar-refractivity contribution >= 4 is 27.7 Å². The number of hydrogen-bond donors (Lipinski definition) is 0. The van der Waals surface area contributed by atoms with E-state index >= 15 is 0 Å². The van der Waals surface area contributed by atoms with Crippen LogP contribution in [0.2, 0.25) is 0 Å². The number of esters is 1. The largest absolute Gasteiger partial charge is 0.465 e. The van der Waals surface area contributed by atoms with Crippen LogP contribution in [-0.2, 0) is 20.7 Å². The molecule has 0 fully saturated rings. The highest BCUT2D eigenvalue weighted by Gasteiger charge is 2.25. The third kappa shape index (κ3) is 4.26. The summed E-state index contributed by atoms with van der Waals surface area (Å²) >= 11 is 3.36. The summed E-state index contributed by atoms with van der Waals surface area (Å²) < 4.78 is 5.84. The van der Waals surface area contributed by atoms with Crippen molar-refractivity contribution < 1.29 is 14.3 Å². The number of carbonyl (C=O) groups is 2. The molecule has 0 N–H and O–H groups in total. The highest BCUT2D eigenvalue weighted by molar-refractivity contribution is 9.10. The lowest BCUT2D eigenvalue weighted by Gasteiger charge is -2.12. The number of Topliss-reactive ketones (excluding diaryl/α,β-unsaturated/α-hetero) is 1. The van der Waals surface area contributed by atoms with Gasteiger partial charge in [-0.3, -0.25) is 9.59 Å². The Bertz CT molecular complexity index is 429. The van der Waals surface area contributed by atoms with Crippen LogP contribution in [0.4, 0.5) is 0 Å². The lowest BCUT2D eigenvalue weighted by molar-refractivity contribution is -0.151. The first-order chi connectivity index (χ1) is 8.58. The van der Waals surface area contributed by atoms with Gasteiger partial charge in [0.1, 0.15) is 5.92 Å². The van der Waals surface area contributed by atoms with E-state index in [2.05, 4.69) is 15.9 Å². The van der Waals surface area contributed by atoms with Gasteiger partial charge in [0.25, 0.3) is 0 Å². The van der Waals surface area contributed by atoms with E-state index in [1.165, 1.54) is 0 Å². The molecule has 0 aliphatic rings. The van der Waals surface area contributed by atoms with Crippen molar-refractivity contribution in [3.05, 3.63) is 34.3 Å². The third-order valence-electron chi connectivity index (χ3n) is 2.64. The fraction of sp³-hybridized carbons (Fsp3) is 0.429. The van der Waals surface area contributed by atoms with Gasteiger partial charge >= 0.3 is 5.97 Å². The Kier molecular flexibility index (Phi) is 6.05. The standard InChI is InChI=1S/C14H17BrO3/c1-3-12(14(17)18-4-2)13(16)9-10-6-5-7-11(15)8-10/h5-8,12H,3-4,9H2,1-2H3. The molecule has 1 unspecified atom stereocenters. The molecule has 0 aliphatic carbocycles. The summed E-state index contributed by atoms with van der Waals surface area (Å²) in [6, 6.07) is 7.53. The average molecular weight is 313 g/mol. The van der Waals surface area contributed by atoms with Gasteiger partial charge in [-0.2, -0.15) is 0 Å². The van der Waals surface area contributed by atoms with Crippen molar-refractivity contribution in [3.8, 4) is 0 Å². The van der Waals surface area contributed by atoms with E-state index in [9.17, 15) is 9.59 Å². The quantitative estimate of drug-likeness (QED) is 0.598. The number of ether oxygens (including phenoxy) is 1. The first-order valence-electron chi connectivity index (χ1n) is 6.02. The molecule has 0 saturated heterocycles. The fourth-order valence-corrected chi connectivity index (χ4v) is 2.19. The molecule has 0 bridgehead atoms. The molecule has 98 valence electrons. The summed E-state index contributed by atoms with van der Waals surface area (Å²) in [5.74, 6) is -1.15. The van der Waals surface area contributed by atoms with E-state index < -0.39 is 11.9 Å². The summed E-state index contributed by atoms with van der Waals surface area (Å²) in [7, 11) is 0. The summed E-state index contributed by atoms with van der Waals surface area (Å²) in [5, 5.41) is 0. The molecule has 0 saturated carbocycles. The SMILES string of the molecule is CCOC(=O)C(CC)C(=O)Cc1cccc(Br)c1. The molecule has 1 aromatic carbocycles.